The molecule has 1 rings (SSSR count). The minimum Gasteiger partial charge on any atom is -0.396 e. The molecule has 0 aromatic heterocycles. The van der Waals surface area contributed by atoms with Crippen LogP contribution in [0.1, 0.15) is 46.6 Å². The fraction of sp³-hybridized carbons (Fsp3) is 0.562. The molecule has 0 aliphatic carbocycles. The van der Waals surface area contributed by atoms with Gasteiger partial charge in [0, 0.05) is 17.8 Å². The molecule has 2 amide bonds. The highest BCUT2D eigenvalue weighted by molar-refractivity contribution is 5.89. The molecule has 0 atom stereocenters. The van der Waals surface area contributed by atoms with Crippen LogP contribution in [-0.4, -0.2) is 23.3 Å². The van der Waals surface area contributed by atoms with Crippen molar-refractivity contribution in [2.45, 2.75) is 52.0 Å². The van der Waals surface area contributed by atoms with Crippen molar-refractivity contribution < 1.29 is 9.90 Å². The van der Waals surface area contributed by atoms with E-state index in [4.69, 9.17) is 5.11 Å². The first-order valence-corrected chi connectivity index (χ1v) is 6.95. The number of benzene rings is 1. The number of aliphatic hydroxyl groups is 1. The molecule has 0 aliphatic heterocycles. The maximum atomic E-state index is 11.9. The first kappa shape index (κ1) is 16.5. The van der Waals surface area contributed by atoms with Crippen molar-refractivity contribution in [1.29, 1.82) is 0 Å². The Morgan fingerprint density at radius 3 is 2.10 bits per heavy atom. The molecule has 1 aromatic rings. The number of carbonyl (C=O) groups is 1. The number of anilines is 1. The van der Waals surface area contributed by atoms with Crippen LogP contribution in [-0.2, 0) is 5.41 Å². The Bertz CT molecular complexity index is 445. The number of rotatable bonds is 4. The maximum Gasteiger partial charge on any atom is 0.319 e. The Hall–Kier alpha value is -1.55. The summed E-state index contributed by atoms with van der Waals surface area (Å²) in [5.41, 5.74) is 1.66. The Kier molecular flexibility index (Phi) is 5.17. The van der Waals surface area contributed by atoms with Gasteiger partial charge in [0.25, 0.3) is 0 Å². The highest BCUT2D eigenvalue weighted by atomic mass is 16.3. The van der Waals surface area contributed by atoms with Crippen LogP contribution in [0.4, 0.5) is 10.5 Å². The number of carbonyl (C=O) groups excluding carboxylic acids is 1. The zero-order chi connectivity index (χ0) is 15.4. The minimum absolute atomic E-state index is 0.0492. The second-order valence-electron chi connectivity index (χ2n) is 6.76. The van der Waals surface area contributed by atoms with Crippen molar-refractivity contribution in [3.63, 3.8) is 0 Å². The molecule has 0 saturated heterocycles. The molecule has 0 saturated carbocycles. The highest BCUT2D eigenvalue weighted by Gasteiger charge is 2.19. The van der Waals surface area contributed by atoms with Gasteiger partial charge in [0.2, 0.25) is 0 Å². The van der Waals surface area contributed by atoms with Gasteiger partial charge < -0.3 is 15.7 Å². The molecule has 112 valence electrons. The molecule has 20 heavy (non-hydrogen) atoms. The second-order valence-corrected chi connectivity index (χ2v) is 6.76. The minimum atomic E-state index is -0.426. The van der Waals surface area contributed by atoms with Crippen molar-refractivity contribution in [2.24, 2.45) is 0 Å². The smallest absolute Gasteiger partial charge is 0.319 e. The number of aliphatic hydroxyl groups excluding tert-OH is 1. The molecule has 0 bridgehead atoms. The molecule has 3 N–H and O–H groups in total. The molecular formula is C16H26N2O2. The van der Waals surface area contributed by atoms with Crippen LogP contribution >= 0.6 is 0 Å². The number of amides is 2. The van der Waals surface area contributed by atoms with Crippen molar-refractivity contribution in [3.8, 4) is 0 Å². The van der Waals surface area contributed by atoms with E-state index in [-0.39, 0.29) is 18.1 Å². The van der Waals surface area contributed by atoms with Gasteiger partial charge in [0.1, 0.15) is 0 Å². The average Bonchev–Trinajstić information content (AvgIpc) is 2.27. The van der Waals surface area contributed by atoms with Crippen LogP contribution in [0.2, 0.25) is 0 Å². The molecule has 0 unspecified atom stereocenters. The summed E-state index contributed by atoms with van der Waals surface area (Å²) in [6.07, 6.45) is 0.517. The molecular weight excluding hydrogens is 252 g/mol. The molecule has 0 spiro atoms. The van der Waals surface area contributed by atoms with Gasteiger partial charge >= 0.3 is 6.03 Å². The van der Waals surface area contributed by atoms with Crippen LogP contribution < -0.4 is 10.6 Å². The number of hydrogen-bond donors (Lipinski definition) is 3. The van der Waals surface area contributed by atoms with Crippen LogP contribution in [0, 0.1) is 0 Å². The molecule has 0 heterocycles. The highest BCUT2D eigenvalue weighted by Crippen LogP contribution is 2.23. The Morgan fingerprint density at radius 1 is 1.10 bits per heavy atom. The number of nitrogens with one attached hydrogen (secondary N) is 2. The Balaban J connectivity index is 2.63. The van der Waals surface area contributed by atoms with Crippen LogP contribution in [0.3, 0.4) is 0 Å². The summed E-state index contributed by atoms with van der Waals surface area (Å²) in [5.74, 6) is 0. The summed E-state index contributed by atoms with van der Waals surface area (Å²) in [7, 11) is 0. The van der Waals surface area contributed by atoms with Crippen molar-refractivity contribution >= 4 is 11.7 Å². The van der Waals surface area contributed by atoms with Gasteiger partial charge in [-0.2, -0.15) is 0 Å². The molecule has 0 fully saturated rings. The van der Waals surface area contributed by atoms with E-state index in [1.807, 2.05) is 38.1 Å². The van der Waals surface area contributed by atoms with Gasteiger partial charge in [-0.1, -0.05) is 32.9 Å². The summed E-state index contributed by atoms with van der Waals surface area (Å²) >= 11 is 0. The van der Waals surface area contributed by atoms with Gasteiger partial charge in [-0.05, 0) is 43.4 Å². The molecule has 1 aromatic carbocycles. The maximum absolute atomic E-state index is 11.9. The largest absolute Gasteiger partial charge is 0.396 e. The van der Waals surface area contributed by atoms with Crippen molar-refractivity contribution in [1.82, 2.24) is 5.32 Å². The standard InChI is InChI=1S/C16H26N2O2/c1-15(2,3)12-6-8-13(9-7-12)17-14(20)18-16(4,5)10-11-19/h6-9,19H,10-11H2,1-5H3,(H2,17,18,20). The lowest BCUT2D eigenvalue weighted by Gasteiger charge is -2.25. The van der Waals surface area contributed by atoms with E-state index in [9.17, 15) is 4.79 Å². The quantitative estimate of drug-likeness (QED) is 0.791. The SMILES string of the molecule is CC(C)(CCO)NC(=O)Nc1ccc(C(C)(C)C)cc1. The van der Waals surface area contributed by atoms with Crippen molar-refractivity contribution in [3.05, 3.63) is 29.8 Å². The number of hydrogen-bond acceptors (Lipinski definition) is 2. The molecule has 0 aliphatic rings. The van der Waals surface area contributed by atoms with Gasteiger partial charge in [-0.15, -0.1) is 0 Å². The summed E-state index contributed by atoms with van der Waals surface area (Å²) in [6, 6.07) is 7.59. The van der Waals surface area contributed by atoms with E-state index in [1.54, 1.807) is 0 Å². The zero-order valence-electron chi connectivity index (χ0n) is 13.1. The van der Waals surface area contributed by atoms with E-state index in [2.05, 4.69) is 31.4 Å². The van der Waals surface area contributed by atoms with E-state index in [0.717, 1.165) is 5.69 Å². The summed E-state index contributed by atoms with van der Waals surface area (Å²) in [5, 5.41) is 14.6. The third-order valence-electron chi connectivity index (χ3n) is 3.20. The van der Waals surface area contributed by atoms with Gasteiger partial charge in [0.05, 0.1) is 0 Å². The third kappa shape index (κ3) is 5.21. The fourth-order valence-electron chi connectivity index (χ4n) is 1.87. The van der Waals surface area contributed by atoms with Crippen LogP contribution in [0.5, 0.6) is 0 Å². The van der Waals surface area contributed by atoms with E-state index in [0.29, 0.717) is 6.42 Å². The third-order valence-corrected chi connectivity index (χ3v) is 3.20. The molecule has 4 heteroatoms. The predicted octanol–water partition coefficient (Wildman–Crippen LogP) is 3.27. The first-order chi connectivity index (χ1) is 9.14. The molecule has 4 nitrogen and oxygen atoms in total. The van der Waals surface area contributed by atoms with E-state index in [1.165, 1.54) is 5.56 Å². The van der Waals surface area contributed by atoms with Crippen molar-refractivity contribution in [2.75, 3.05) is 11.9 Å². The monoisotopic (exact) mass is 278 g/mol. The lowest BCUT2D eigenvalue weighted by Crippen LogP contribution is -2.46. The van der Waals surface area contributed by atoms with Gasteiger partial charge in [-0.25, -0.2) is 4.79 Å². The van der Waals surface area contributed by atoms with Crippen LogP contribution in [0.15, 0.2) is 24.3 Å². The normalized spacial score (nSPS) is 12.1. The average molecular weight is 278 g/mol. The lowest BCUT2D eigenvalue weighted by molar-refractivity contribution is 0.218. The zero-order valence-corrected chi connectivity index (χ0v) is 13.1. The molecule has 0 radical (unpaired) electrons. The predicted molar refractivity (Wildman–Crippen MR) is 83.1 cm³/mol. The first-order valence-electron chi connectivity index (χ1n) is 6.95. The summed E-state index contributed by atoms with van der Waals surface area (Å²) < 4.78 is 0. The Labute approximate surface area is 121 Å². The van der Waals surface area contributed by atoms with Crippen LogP contribution in [0.25, 0.3) is 0 Å². The lowest BCUT2D eigenvalue weighted by atomic mass is 9.87. The van der Waals surface area contributed by atoms with E-state index < -0.39 is 5.54 Å². The fourth-order valence-corrected chi connectivity index (χ4v) is 1.87. The summed E-state index contributed by atoms with van der Waals surface area (Å²) in [6.45, 7) is 10.3. The second kappa shape index (κ2) is 6.27. The number of urea groups is 1. The topological polar surface area (TPSA) is 61.4 Å². The van der Waals surface area contributed by atoms with E-state index >= 15 is 0 Å². The summed E-state index contributed by atoms with van der Waals surface area (Å²) in [4.78, 5) is 11.9. The van der Waals surface area contributed by atoms with Gasteiger partial charge in [-0.3, -0.25) is 0 Å². The van der Waals surface area contributed by atoms with Gasteiger partial charge in [0.15, 0.2) is 0 Å². The Morgan fingerprint density at radius 2 is 1.65 bits per heavy atom.